The monoisotopic (exact) mass is 265 g/mol. The molecule has 3 rings (SSSR count). The molecular formula is C12H8ClNO2S. The maximum absolute atomic E-state index is 10.1. The number of aromatic nitrogens is 1. The molecule has 0 saturated carbocycles. The van der Waals surface area contributed by atoms with Crippen molar-refractivity contribution in [2.75, 3.05) is 0 Å². The van der Waals surface area contributed by atoms with Crippen molar-refractivity contribution in [3.8, 4) is 0 Å². The van der Waals surface area contributed by atoms with Gasteiger partial charge in [0.1, 0.15) is 5.76 Å². The number of hydrogen-bond acceptors (Lipinski definition) is 4. The lowest BCUT2D eigenvalue weighted by atomic mass is 10.2. The average Bonchev–Trinajstić information content (AvgIpc) is 2.98. The molecule has 1 aromatic carbocycles. The Morgan fingerprint density at radius 2 is 2.29 bits per heavy atom. The molecule has 0 aliphatic rings. The highest BCUT2D eigenvalue weighted by molar-refractivity contribution is 7.07. The van der Waals surface area contributed by atoms with Crippen LogP contribution in [0.2, 0.25) is 5.02 Å². The third-order valence-electron chi connectivity index (χ3n) is 2.52. The molecule has 3 nitrogen and oxygen atoms in total. The number of benzene rings is 1. The summed E-state index contributed by atoms with van der Waals surface area (Å²) in [5, 5.41) is 13.3. The molecule has 5 heteroatoms. The van der Waals surface area contributed by atoms with Crippen molar-refractivity contribution in [3.05, 3.63) is 51.6 Å². The Bertz CT molecular complexity index is 648. The molecule has 2 aromatic heterocycles. The fraction of sp³-hybridized carbons (Fsp3) is 0.0833. The van der Waals surface area contributed by atoms with E-state index in [1.165, 1.54) is 11.3 Å². The molecule has 0 fully saturated rings. The van der Waals surface area contributed by atoms with Gasteiger partial charge in [-0.1, -0.05) is 23.7 Å². The van der Waals surface area contributed by atoms with Gasteiger partial charge in [0, 0.05) is 10.8 Å². The summed E-state index contributed by atoms with van der Waals surface area (Å²) in [6, 6.07) is 7.28. The standard InChI is InChI=1S/C12H8ClNO2S/c13-8-3-1-2-7-4-10(16-12(7)8)11(15)9-5-17-6-14-9/h1-6,11,15H. The Morgan fingerprint density at radius 1 is 1.41 bits per heavy atom. The topological polar surface area (TPSA) is 46.3 Å². The predicted octanol–water partition coefficient (Wildman–Crippen LogP) is 3.62. The van der Waals surface area contributed by atoms with Crippen molar-refractivity contribution >= 4 is 33.9 Å². The van der Waals surface area contributed by atoms with Gasteiger partial charge in [-0.15, -0.1) is 11.3 Å². The van der Waals surface area contributed by atoms with E-state index in [-0.39, 0.29) is 0 Å². The second-order valence-corrected chi connectivity index (χ2v) is 4.75. The Balaban J connectivity index is 2.10. The minimum atomic E-state index is -0.843. The zero-order valence-electron chi connectivity index (χ0n) is 8.63. The van der Waals surface area contributed by atoms with Gasteiger partial charge < -0.3 is 9.52 Å². The smallest absolute Gasteiger partial charge is 0.154 e. The Hall–Kier alpha value is -1.36. The predicted molar refractivity (Wildman–Crippen MR) is 67.4 cm³/mol. The summed E-state index contributed by atoms with van der Waals surface area (Å²) in [6.07, 6.45) is -0.843. The molecule has 3 aromatic rings. The maximum atomic E-state index is 10.1. The summed E-state index contributed by atoms with van der Waals surface area (Å²) >= 11 is 7.44. The molecule has 0 spiro atoms. The van der Waals surface area contributed by atoms with Crippen LogP contribution in [-0.2, 0) is 0 Å². The molecule has 0 aliphatic heterocycles. The number of para-hydroxylation sites is 1. The molecular weight excluding hydrogens is 258 g/mol. The molecule has 0 bridgehead atoms. The largest absolute Gasteiger partial charge is 0.456 e. The Labute approximate surface area is 106 Å². The summed E-state index contributed by atoms with van der Waals surface area (Å²) in [5.41, 5.74) is 2.86. The van der Waals surface area contributed by atoms with Crippen LogP contribution in [0.4, 0.5) is 0 Å². The molecule has 1 atom stereocenters. The van der Waals surface area contributed by atoms with E-state index in [1.54, 1.807) is 23.0 Å². The number of furan rings is 1. The zero-order chi connectivity index (χ0) is 11.8. The number of rotatable bonds is 2. The van der Waals surface area contributed by atoms with Crippen molar-refractivity contribution in [3.63, 3.8) is 0 Å². The highest BCUT2D eigenvalue weighted by Crippen LogP contribution is 2.31. The van der Waals surface area contributed by atoms with E-state index in [1.807, 2.05) is 12.1 Å². The molecule has 1 N–H and O–H groups in total. The van der Waals surface area contributed by atoms with Crippen LogP contribution in [0, 0.1) is 0 Å². The van der Waals surface area contributed by atoms with Crippen LogP contribution in [0.3, 0.4) is 0 Å². The fourth-order valence-corrected chi connectivity index (χ4v) is 2.48. The molecule has 0 radical (unpaired) electrons. The lowest BCUT2D eigenvalue weighted by Crippen LogP contribution is -1.97. The molecule has 86 valence electrons. The number of nitrogens with zero attached hydrogens (tertiary/aromatic N) is 1. The lowest BCUT2D eigenvalue weighted by Gasteiger charge is -2.02. The van der Waals surface area contributed by atoms with Crippen molar-refractivity contribution in [2.24, 2.45) is 0 Å². The van der Waals surface area contributed by atoms with Gasteiger partial charge in [-0.3, -0.25) is 0 Å². The minimum Gasteiger partial charge on any atom is -0.456 e. The van der Waals surface area contributed by atoms with Crippen molar-refractivity contribution in [1.29, 1.82) is 0 Å². The first-order valence-electron chi connectivity index (χ1n) is 5.00. The van der Waals surface area contributed by atoms with Crippen LogP contribution in [0.1, 0.15) is 17.6 Å². The quantitative estimate of drug-likeness (QED) is 0.770. The zero-order valence-corrected chi connectivity index (χ0v) is 10.2. The first-order valence-corrected chi connectivity index (χ1v) is 6.32. The number of aliphatic hydroxyl groups is 1. The number of hydrogen-bond donors (Lipinski definition) is 1. The van der Waals surface area contributed by atoms with Crippen molar-refractivity contribution in [2.45, 2.75) is 6.10 Å². The third kappa shape index (κ3) is 1.84. The number of aliphatic hydroxyl groups excluding tert-OH is 1. The van der Waals surface area contributed by atoms with E-state index in [0.29, 0.717) is 22.1 Å². The second-order valence-electron chi connectivity index (χ2n) is 3.62. The van der Waals surface area contributed by atoms with Gasteiger partial charge >= 0.3 is 0 Å². The van der Waals surface area contributed by atoms with E-state index >= 15 is 0 Å². The van der Waals surface area contributed by atoms with Crippen LogP contribution in [-0.4, -0.2) is 10.1 Å². The number of fused-ring (bicyclic) bond motifs is 1. The summed E-state index contributed by atoms with van der Waals surface area (Å²) in [4.78, 5) is 4.06. The van der Waals surface area contributed by atoms with Gasteiger partial charge in [-0.2, -0.15) is 0 Å². The molecule has 2 heterocycles. The van der Waals surface area contributed by atoms with Gasteiger partial charge in [-0.05, 0) is 12.1 Å². The molecule has 0 amide bonds. The fourth-order valence-electron chi connectivity index (χ4n) is 1.68. The summed E-state index contributed by atoms with van der Waals surface area (Å²) in [6.45, 7) is 0. The van der Waals surface area contributed by atoms with Gasteiger partial charge in [0.15, 0.2) is 11.7 Å². The van der Waals surface area contributed by atoms with Crippen LogP contribution in [0.5, 0.6) is 0 Å². The molecule has 17 heavy (non-hydrogen) atoms. The number of thiazole rings is 1. The SMILES string of the molecule is OC(c1cscn1)c1cc2cccc(Cl)c2o1. The highest BCUT2D eigenvalue weighted by Gasteiger charge is 2.17. The van der Waals surface area contributed by atoms with Gasteiger partial charge in [0.2, 0.25) is 0 Å². The first kappa shape index (κ1) is 10.8. The normalized spacial score (nSPS) is 13.1. The minimum absolute atomic E-state index is 0.457. The molecule has 0 aliphatic carbocycles. The summed E-state index contributed by atoms with van der Waals surface area (Å²) in [7, 11) is 0. The van der Waals surface area contributed by atoms with E-state index < -0.39 is 6.10 Å². The second kappa shape index (κ2) is 4.14. The lowest BCUT2D eigenvalue weighted by molar-refractivity contribution is 0.188. The van der Waals surface area contributed by atoms with Crippen molar-refractivity contribution in [1.82, 2.24) is 4.98 Å². The van der Waals surface area contributed by atoms with E-state index in [2.05, 4.69) is 4.98 Å². The highest BCUT2D eigenvalue weighted by atomic mass is 35.5. The average molecular weight is 266 g/mol. The molecule has 0 saturated heterocycles. The van der Waals surface area contributed by atoms with Gasteiger partial charge in [-0.25, -0.2) is 4.98 Å². The maximum Gasteiger partial charge on any atom is 0.154 e. The van der Waals surface area contributed by atoms with Crippen molar-refractivity contribution < 1.29 is 9.52 Å². The van der Waals surface area contributed by atoms with Crippen LogP contribution in [0.25, 0.3) is 11.0 Å². The number of halogens is 1. The molecule has 1 unspecified atom stereocenters. The summed E-state index contributed by atoms with van der Waals surface area (Å²) in [5.74, 6) is 0.457. The van der Waals surface area contributed by atoms with E-state index in [9.17, 15) is 5.11 Å². The van der Waals surface area contributed by atoms with Gasteiger partial charge in [0.05, 0.1) is 16.2 Å². The van der Waals surface area contributed by atoms with E-state index in [0.717, 1.165) is 5.39 Å². The first-order chi connectivity index (χ1) is 8.25. The Kier molecular flexibility index (Phi) is 2.63. The third-order valence-corrected chi connectivity index (χ3v) is 3.42. The summed E-state index contributed by atoms with van der Waals surface area (Å²) < 4.78 is 5.57. The van der Waals surface area contributed by atoms with Gasteiger partial charge in [0.25, 0.3) is 0 Å². The Morgan fingerprint density at radius 3 is 3.00 bits per heavy atom. The van der Waals surface area contributed by atoms with Crippen LogP contribution in [0.15, 0.2) is 39.6 Å². The van der Waals surface area contributed by atoms with Crippen LogP contribution < -0.4 is 0 Å². The van der Waals surface area contributed by atoms with Crippen LogP contribution >= 0.6 is 22.9 Å². The van der Waals surface area contributed by atoms with E-state index in [4.69, 9.17) is 16.0 Å².